The normalized spacial score (nSPS) is 15.0. The van der Waals surface area contributed by atoms with Crippen molar-refractivity contribution in [2.45, 2.75) is 24.4 Å². The van der Waals surface area contributed by atoms with Gasteiger partial charge in [-0.3, -0.25) is 9.59 Å². The number of fused-ring (bicyclic) bond motifs is 2. The lowest BCUT2D eigenvalue weighted by molar-refractivity contribution is 0.0708. The zero-order valence-corrected chi connectivity index (χ0v) is 22.4. The van der Waals surface area contributed by atoms with Crippen LogP contribution in [-0.2, 0) is 0 Å². The quantitative estimate of drug-likeness (QED) is 0.177. The summed E-state index contributed by atoms with van der Waals surface area (Å²) in [4.78, 5) is 30.0. The lowest BCUT2D eigenvalue weighted by atomic mass is 9.88. The number of ketones is 1. The lowest BCUT2D eigenvalue weighted by Crippen LogP contribution is -2.38. The molecular weight excluding hydrogens is 485 g/mol. The molecular formula is C34H30NO2P. The summed E-state index contributed by atoms with van der Waals surface area (Å²) in [7, 11) is 2.74. The minimum absolute atomic E-state index is 0.0549. The van der Waals surface area contributed by atoms with Crippen LogP contribution in [0.5, 0.6) is 0 Å². The second-order valence-electron chi connectivity index (χ2n) is 10.1. The van der Waals surface area contributed by atoms with Gasteiger partial charge in [-0.05, 0) is 63.6 Å². The maximum absolute atomic E-state index is 14.1. The molecule has 0 spiro atoms. The summed E-state index contributed by atoms with van der Waals surface area (Å²) in [6.07, 6.45) is 1.85. The van der Waals surface area contributed by atoms with E-state index in [1.807, 2.05) is 71.6 Å². The van der Waals surface area contributed by atoms with Crippen LogP contribution in [0.1, 0.15) is 56.3 Å². The number of benzene rings is 5. The van der Waals surface area contributed by atoms with Crippen LogP contribution in [0, 0.1) is 0 Å². The van der Waals surface area contributed by atoms with Gasteiger partial charge < -0.3 is 4.90 Å². The minimum atomic E-state index is -0.461. The molecule has 0 radical (unpaired) electrons. The fourth-order valence-electron chi connectivity index (χ4n) is 5.76. The van der Waals surface area contributed by atoms with Gasteiger partial charge in [0.05, 0.1) is 11.2 Å². The highest BCUT2D eigenvalue weighted by atomic mass is 31.0. The first-order valence-electron chi connectivity index (χ1n) is 13.2. The first-order chi connectivity index (χ1) is 18.6. The molecule has 5 aromatic carbocycles. The maximum Gasteiger partial charge on any atom is 0.254 e. The number of amides is 1. The number of rotatable bonds is 5. The molecule has 1 aliphatic heterocycles. The number of carbonyl (C=O) groups is 2. The Morgan fingerprint density at radius 3 is 1.97 bits per heavy atom. The van der Waals surface area contributed by atoms with Gasteiger partial charge in [0.25, 0.3) is 5.91 Å². The zero-order chi connectivity index (χ0) is 26.1. The van der Waals surface area contributed by atoms with Gasteiger partial charge in [-0.15, -0.1) is 9.24 Å². The van der Waals surface area contributed by atoms with Crippen molar-refractivity contribution >= 4 is 42.5 Å². The molecule has 3 nitrogen and oxygen atoms in total. The molecule has 4 heteroatoms. The number of hydrogen-bond donors (Lipinski definition) is 0. The Bertz CT molecular complexity index is 1630. The first kappa shape index (κ1) is 24.5. The summed E-state index contributed by atoms with van der Waals surface area (Å²) < 4.78 is 0. The molecule has 2 atom stereocenters. The molecule has 1 amide bonds. The van der Waals surface area contributed by atoms with E-state index in [0.29, 0.717) is 30.1 Å². The summed E-state index contributed by atoms with van der Waals surface area (Å²) in [6, 6.07) is 36.5. The van der Waals surface area contributed by atoms with Crippen LogP contribution in [0.2, 0.25) is 0 Å². The van der Waals surface area contributed by atoms with Crippen molar-refractivity contribution in [3.8, 4) is 0 Å². The zero-order valence-electron chi connectivity index (χ0n) is 21.2. The molecule has 188 valence electrons. The Morgan fingerprint density at radius 1 is 0.684 bits per heavy atom. The van der Waals surface area contributed by atoms with Crippen LogP contribution in [-0.4, -0.2) is 29.7 Å². The standard InChI is InChI=1S/C34H30NO2P/c36-32(33(38)29-16-8-14-25-11-6-7-15-28(25)29)30-21-26-12-4-5-13-27(26)22-31(30)34(37)35-19-17-24(18-20-35)23-9-2-1-3-10-23/h1-16,21-22,24,33H,17-20,38H2. The molecule has 0 bridgehead atoms. The van der Waals surface area contributed by atoms with Crippen molar-refractivity contribution in [2.24, 2.45) is 0 Å². The highest BCUT2D eigenvalue weighted by molar-refractivity contribution is 7.19. The number of Topliss-reactive ketones (excluding diaryl/α,β-unsaturated/α-hetero) is 1. The van der Waals surface area contributed by atoms with Crippen molar-refractivity contribution in [1.82, 2.24) is 4.90 Å². The van der Waals surface area contributed by atoms with Crippen molar-refractivity contribution in [3.63, 3.8) is 0 Å². The van der Waals surface area contributed by atoms with E-state index in [-0.39, 0.29) is 11.7 Å². The maximum atomic E-state index is 14.1. The summed E-state index contributed by atoms with van der Waals surface area (Å²) in [5.41, 5.74) is 2.82. The van der Waals surface area contributed by atoms with Crippen LogP contribution < -0.4 is 0 Å². The van der Waals surface area contributed by atoms with E-state index < -0.39 is 5.66 Å². The molecule has 0 aliphatic carbocycles. The predicted octanol–water partition coefficient (Wildman–Crippen LogP) is 7.81. The number of nitrogens with zero attached hydrogens (tertiary/aromatic N) is 1. The van der Waals surface area contributed by atoms with E-state index in [9.17, 15) is 9.59 Å². The number of carbonyl (C=O) groups excluding carboxylic acids is 2. The third-order valence-electron chi connectivity index (χ3n) is 7.88. The average molecular weight is 516 g/mol. The van der Waals surface area contributed by atoms with Crippen LogP contribution in [0.25, 0.3) is 21.5 Å². The van der Waals surface area contributed by atoms with Crippen LogP contribution in [0.3, 0.4) is 0 Å². The van der Waals surface area contributed by atoms with Gasteiger partial charge in [0.1, 0.15) is 0 Å². The minimum Gasteiger partial charge on any atom is -0.339 e. The van der Waals surface area contributed by atoms with Gasteiger partial charge in [-0.1, -0.05) is 97.1 Å². The van der Waals surface area contributed by atoms with E-state index >= 15 is 0 Å². The van der Waals surface area contributed by atoms with E-state index in [0.717, 1.165) is 39.9 Å². The third kappa shape index (κ3) is 4.64. The fourth-order valence-corrected chi connectivity index (χ4v) is 6.23. The largest absolute Gasteiger partial charge is 0.339 e. The number of likely N-dealkylation sites (tertiary alicyclic amines) is 1. The number of piperidine rings is 1. The highest BCUT2D eigenvalue weighted by Gasteiger charge is 2.29. The predicted molar refractivity (Wildman–Crippen MR) is 159 cm³/mol. The van der Waals surface area contributed by atoms with Gasteiger partial charge >= 0.3 is 0 Å². The number of hydrogen-bond acceptors (Lipinski definition) is 2. The molecule has 2 unspecified atom stereocenters. The monoisotopic (exact) mass is 515 g/mol. The molecule has 0 N–H and O–H groups in total. The molecule has 1 heterocycles. The lowest BCUT2D eigenvalue weighted by Gasteiger charge is -2.33. The molecule has 5 aromatic rings. The van der Waals surface area contributed by atoms with Crippen LogP contribution in [0.15, 0.2) is 109 Å². The van der Waals surface area contributed by atoms with Crippen molar-refractivity contribution in [3.05, 3.63) is 131 Å². The molecule has 1 aliphatic rings. The Hall–Kier alpha value is -3.81. The summed E-state index contributed by atoms with van der Waals surface area (Å²) >= 11 is 0. The van der Waals surface area contributed by atoms with Gasteiger partial charge in [0, 0.05) is 18.7 Å². The Balaban J connectivity index is 1.34. The van der Waals surface area contributed by atoms with Crippen molar-refractivity contribution in [1.29, 1.82) is 0 Å². The Kier molecular flexibility index (Phi) is 6.79. The third-order valence-corrected chi connectivity index (χ3v) is 8.54. The summed E-state index contributed by atoms with van der Waals surface area (Å²) in [5.74, 6) is 0.348. The SMILES string of the molecule is O=C(c1cc2ccccc2cc1C(=O)N1CCC(c2ccccc2)CC1)C(P)c1cccc2ccccc12. The van der Waals surface area contributed by atoms with Crippen LogP contribution in [0.4, 0.5) is 0 Å². The van der Waals surface area contributed by atoms with Crippen molar-refractivity contribution < 1.29 is 9.59 Å². The van der Waals surface area contributed by atoms with Gasteiger partial charge in [0.2, 0.25) is 0 Å². The van der Waals surface area contributed by atoms with Crippen molar-refractivity contribution in [2.75, 3.05) is 13.1 Å². The molecule has 0 aromatic heterocycles. The summed E-state index contributed by atoms with van der Waals surface area (Å²) in [5, 5.41) is 4.09. The molecule has 38 heavy (non-hydrogen) atoms. The average Bonchev–Trinajstić information content (AvgIpc) is 2.99. The Morgan fingerprint density at radius 2 is 1.26 bits per heavy atom. The molecule has 1 saturated heterocycles. The van der Waals surface area contributed by atoms with E-state index in [1.54, 1.807) is 0 Å². The summed E-state index contributed by atoms with van der Waals surface area (Å²) in [6.45, 7) is 1.37. The second-order valence-corrected chi connectivity index (χ2v) is 10.8. The smallest absolute Gasteiger partial charge is 0.254 e. The molecule has 0 saturated carbocycles. The van der Waals surface area contributed by atoms with E-state index in [4.69, 9.17) is 0 Å². The fraction of sp³-hybridized carbons (Fsp3) is 0.176. The molecule has 6 rings (SSSR count). The highest BCUT2D eigenvalue weighted by Crippen LogP contribution is 2.36. The van der Waals surface area contributed by atoms with Crippen LogP contribution >= 0.6 is 9.24 Å². The van der Waals surface area contributed by atoms with Gasteiger partial charge in [-0.25, -0.2) is 0 Å². The Labute approximate surface area is 225 Å². The first-order valence-corrected chi connectivity index (χ1v) is 13.9. The second kappa shape index (κ2) is 10.5. The molecule has 1 fully saturated rings. The van der Waals surface area contributed by atoms with E-state index in [1.165, 1.54) is 5.56 Å². The topological polar surface area (TPSA) is 37.4 Å². The van der Waals surface area contributed by atoms with E-state index in [2.05, 4.69) is 51.7 Å². The van der Waals surface area contributed by atoms with Gasteiger partial charge in [0.15, 0.2) is 5.78 Å². The van der Waals surface area contributed by atoms with Gasteiger partial charge in [-0.2, -0.15) is 0 Å².